The number of para-hydroxylation sites is 1. The first-order valence-electron chi connectivity index (χ1n) is 11.6. The van der Waals surface area contributed by atoms with Crippen molar-refractivity contribution in [2.24, 2.45) is 0 Å². The smallest absolute Gasteiger partial charge is 0.425 e. The molecule has 0 fully saturated rings. The van der Waals surface area contributed by atoms with Gasteiger partial charge in [0.2, 0.25) is 5.95 Å². The van der Waals surface area contributed by atoms with E-state index in [2.05, 4.69) is 15.3 Å². The topological polar surface area (TPSA) is 112 Å². The molecule has 0 spiro atoms. The molecule has 0 unspecified atom stereocenters. The van der Waals surface area contributed by atoms with Crippen molar-refractivity contribution in [3.8, 4) is 17.2 Å². The van der Waals surface area contributed by atoms with Crippen LogP contribution in [0.3, 0.4) is 0 Å². The second kappa shape index (κ2) is 11.3. The molecule has 9 heteroatoms. The number of amides is 1. The molecule has 37 heavy (non-hydrogen) atoms. The fourth-order valence-electron chi connectivity index (χ4n) is 3.75. The van der Waals surface area contributed by atoms with E-state index in [0.717, 1.165) is 16.7 Å². The maximum Gasteiger partial charge on any atom is 0.425 e. The van der Waals surface area contributed by atoms with Crippen LogP contribution in [0.5, 0.6) is 17.2 Å². The van der Waals surface area contributed by atoms with Crippen LogP contribution in [0.15, 0.2) is 72.9 Å². The Kier molecular flexibility index (Phi) is 7.73. The summed E-state index contributed by atoms with van der Waals surface area (Å²) in [6, 6.07) is 20.0. The van der Waals surface area contributed by atoms with Gasteiger partial charge in [0.05, 0.1) is 19.9 Å². The molecular weight excluding hydrogens is 470 g/mol. The lowest BCUT2D eigenvalue weighted by Gasteiger charge is -2.24. The molecule has 4 rings (SSSR count). The average molecular weight is 500 g/mol. The third kappa shape index (κ3) is 5.90. The molecule has 0 atom stereocenters. The zero-order valence-corrected chi connectivity index (χ0v) is 21.2. The molecule has 9 nitrogen and oxygen atoms in total. The van der Waals surface area contributed by atoms with Crippen LogP contribution in [-0.2, 0) is 6.54 Å². The first kappa shape index (κ1) is 25.3. The zero-order chi connectivity index (χ0) is 26.4. The molecule has 0 aliphatic rings. The summed E-state index contributed by atoms with van der Waals surface area (Å²) in [5.41, 5.74) is 9.57. The maximum atomic E-state index is 13.7. The summed E-state index contributed by atoms with van der Waals surface area (Å²) in [7, 11) is 3.08. The Labute approximate surface area is 215 Å². The Balaban J connectivity index is 1.71. The van der Waals surface area contributed by atoms with Gasteiger partial charge in [0.15, 0.2) is 0 Å². The molecule has 0 saturated heterocycles. The van der Waals surface area contributed by atoms with Crippen LogP contribution < -0.4 is 30.2 Å². The number of aromatic nitrogens is 2. The summed E-state index contributed by atoms with van der Waals surface area (Å²) in [6.07, 6.45) is 0.923. The van der Waals surface area contributed by atoms with Crippen LogP contribution in [0.1, 0.15) is 16.7 Å². The predicted octanol–water partition coefficient (Wildman–Crippen LogP) is 5.64. The lowest BCUT2D eigenvalue weighted by atomic mass is 10.1. The van der Waals surface area contributed by atoms with E-state index in [1.54, 1.807) is 37.6 Å². The molecule has 3 aromatic carbocycles. The molecule has 1 amide bonds. The monoisotopic (exact) mass is 499 g/mol. The van der Waals surface area contributed by atoms with Gasteiger partial charge >= 0.3 is 6.09 Å². The van der Waals surface area contributed by atoms with E-state index in [1.165, 1.54) is 12.0 Å². The highest BCUT2D eigenvalue weighted by Gasteiger charge is 2.26. The summed E-state index contributed by atoms with van der Waals surface area (Å²) in [4.78, 5) is 23.9. The van der Waals surface area contributed by atoms with Crippen molar-refractivity contribution in [1.82, 2.24) is 9.97 Å². The third-order valence-corrected chi connectivity index (χ3v) is 5.71. The van der Waals surface area contributed by atoms with Gasteiger partial charge in [-0.15, -0.1) is 0 Å². The quantitative estimate of drug-likeness (QED) is 0.300. The maximum absolute atomic E-state index is 13.7. The van der Waals surface area contributed by atoms with E-state index >= 15 is 0 Å². The number of nitrogens with two attached hydrogens (primary N) is 1. The standard InChI is InChI=1S/C28H29N5O4/c1-18-6-5-7-19(2)26(18)37-28(34)33(23-13-12-22(35-3)16-24(23)36-4)25-14-15-30-27(32-25)31-17-20-8-10-21(29)11-9-20/h5-16H,17,29H2,1-4H3,(H,30,31,32). The summed E-state index contributed by atoms with van der Waals surface area (Å²) >= 11 is 0. The van der Waals surface area contributed by atoms with Crippen LogP contribution in [-0.4, -0.2) is 30.3 Å². The first-order chi connectivity index (χ1) is 17.9. The minimum absolute atomic E-state index is 0.300. The van der Waals surface area contributed by atoms with Gasteiger partial charge < -0.3 is 25.3 Å². The normalized spacial score (nSPS) is 10.5. The average Bonchev–Trinajstić information content (AvgIpc) is 2.91. The summed E-state index contributed by atoms with van der Waals surface area (Å²) in [6.45, 7) is 4.25. The second-order valence-corrected chi connectivity index (χ2v) is 8.30. The number of benzene rings is 3. The summed E-state index contributed by atoms with van der Waals surface area (Å²) in [5.74, 6) is 2.12. The molecule has 190 valence electrons. The molecular formula is C28H29N5O4. The fourth-order valence-corrected chi connectivity index (χ4v) is 3.75. The van der Waals surface area contributed by atoms with E-state index in [4.69, 9.17) is 19.9 Å². The van der Waals surface area contributed by atoms with Crippen molar-refractivity contribution in [3.63, 3.8) is 0 Å². The highest BCUT2D eigenvalue weighted by molar-refractivity contribution is 5.98. The number of nitrogens with zero attached hydrogens (tertiary/aromatic N) is 3. The van der Waals surface area contributed by atoms with Crippen LogP contribution in [0.4, 0.5) is 27.9 Å². The Hall–Kier alpha value is -4.79. The predicted molar refractivity (Wildman–Crippen MR) is 144 cm³/mol. The van der Waals surface area contributed by atoms with Crippen molar-refractivity contribution in [1.29, 1.82) is 0 Å². The molecule has 0 saturated carbocycles. The van der Waals surface area contributed by atoms with Gasteiger partial charge in [0.25, 0.3) is 0 Å². The van der Waals surface area contributed by atoms with Crippen LogP contribution >= 0.6 is 0 Å². The molecule has 0 radical (unpaired) electrons. The van der Waals surface area contributed by atoms with E-state index in [0.29, 0.717) is 46.9 Å². The van der Waals surface area contributed by atoms with Crippen molar-refractivity contribution < 1.29 is 19.0 Å². The van der Waals surface area contributed by atoms with Crippen molar-refractivity contribution in [3.05, 3.63) is 89.6 Å². The Bertz CT molecular complexity index is 1370. The number of nitrogens with one attached hydrogen (secondary N) is 1. The third-order valence-electron chi connectivity index (χ3n) is 5.71. The van der Waals surface area contributed by atoms with E-state index in [9.17, 15) is 4.79 Å². The molecule has 0 aliphatic heterocycles. The van der Waals surface area contributed by atoms with E-state index in [1.807, 2.05) is 56.3 Å². The number of carbonyl (C=O) groups is 1. The van der Waals surface area contributed by atoms with E-state index in [-0.39, 0.29) is 0 Å². The number of hydrogen-bond acceptors (Lipinski definition) is 8. The summed E-state index contributed by atoms with van der Waals surface area (Å²) < 4.78 is 16.8. The molecule has 3 N–H and O–H groups in total. The van der Waals surface area contributed by atoms with Gasteiger partial charge in [-0.2, -0.15) is 4.98 Å². The summed E-state index contributed by atoms with van der Waals surface area (Å²) in [5, 5.41) is 3.19. The fraction of sp³-hybridized carbons (Fsp3) is 0.179. The van der Waals surface area contributed by atoms with E-state index < -0.39 is 6.09 Å². The van der Waals surface area contributed by atoms with Crippen molar-refractivity contribution >= 4 is 29.2 Å². The van der Waals surface area contributed by atoms with Crippen LogP contribution in [0, 0.1) is 13.8 Å². The number of methoxy groups -OCH3 is 2. The minimum Gasteiger partial charge on any atom is -0.497 e. The molecule has 4 aromatic rings. The van der Waals surface area contributed by atoms with Gasteiger partial charge in [-0.3, -0.25) is 0 Å². The molecule has 0 bridgehead atoms. The first-order valence-corrected chi connectivity index (χ1v) is 11.6. The number of carbonyl (C=O) groups excluding carboxylic acids is 1. The van der Waals surface area contributed by atoms with Gasteiger partial charge in [-0.05, 0) is 54.8 Å². The number of aryl methyl sites for hydroxylation is 2. The largest absolute Gasteiger partial charge is 0.497 e. The highest BCUT2D eigenvalue weighted by Crippen LogP contribution is 2.37. The zero-order valence-electron chi connectivity index (χ0n) is 21.2. The molecule has 1 heterocycles. The number of nitrogen functional groups attached to an aromatic ring is 1. The van der Waals surface area contributed by atoms with Crippen molar-refractivity contribution in [2.45, 2.75) is 20.4 Å². The Morgan fingerprint density at radius 1 is 0.973 bits per heavy atom. The van der Waals surface area contributed by atoms with Gasteiger partial charge in [0, 0.05) is 30.6 Å². The molecule has 0 aliphatic carbocycles. The van der Waals surface area contributed by atoms with Gasteiger partial charge in [-0.25, -0.2) is 14.7 Å². The molecule has 1 aromatic heterocycles. The van der Waals surface area contributed by atoms with Crippen molar-refractivity contribution in [2.75, 3.05) is 30.2 Å². The van der Waals surface area contributed by atoms with Gasteiger partial charge in [0.1, 0.15) is 23.1 Å². The van der Waals surface area contributed by atoms with Crippen LogP contribution in [0.25, 0.3) is 0 Å². The lowest BCUT2D eigenvalue weighted by molar-refractivity contribution is 0.209. The SMILES string of the molecule is COc1ccc(N(C(=O)Oc2c(C)cccc2C)c2ccnc(NCc3ccc(N)cc3)n2)c(OC)c1. The van der Waals surface area contributed by atoms with Gasteiger partial charge in [-0.1, -0.05) is 30.3 Å². The Morgan fingerprint density at radius 2 is 1.70 bits per heavy atom. The lowest BCUT2D eigenvalue weighted by Crippen LogP contribution is -2.31. The van der Waals surface area contributed by atoms with Crippen LogP contribution in [0.2, 0.25) is 0 Å². The number of hydrogen-bond donors (Lipinski definition) is 2. The Morgan fingerprint density at radius 3 is 2.38 bits per heavy atom. The minimum atomic E-state index is -0.649. The highest BCUT2D eigenvalue weighted by atomic mass is 16.6. The number of anilines is 4. The number of rotatable bonds is 8. The number of ether oxygens (including phenoxy) is 3. The second-order valence-electron chi connectivity index (χ2n) is 8.30.